The van der Waals surface area contributed by atoms with Crippen LogP contribution in [0.2, 0.25) is 0 Å². The van der Waals surface area contributed by atoms with Crippen molar-refractivity contribution >= 4 is 12.1 Å². The first-order chi connectivity index (χ1) is 12.3. The van der Waals surface area contributed by atoms with Crippen molar-refractivity contribution in [2.24, 2.45) is 5.41 Å². The molecule has 24 heavy (non-hydrogen) atoms. The molecule has 0 unspecified atom stereocenters. The van der Waals surface area contributed by atoms with E-state index in [1.165, 1.54) is 0 Å². The smallest absolute Gasteiger partial charge is 0.465 e. The molecule has 0 atom stereocenters. The van der Waals surface area contributed by atoms with Crippen LogP contribution in [0.15, 0.2) is 0 Å². The zero-order valence-electron chi connectivity index (χ0n) is 18.1. The van der Waals surface area contributed by atoms with Crippen molar-refractivity contribution in [3.63, 3.8) is 0 Å². The molecule has 1 fully saturated rings. The predicted octanol–water partition coefficient (Wildman–Crippen LogP) is 4.33. The van der Waals surface area contributed by atoms with Crippen molar-refractivity contribution in [1.82, 2.24) is 0 Å². The molecule has 0 aromatic carbocycles. The van der Waals surface area contributed by atoms with Crippen LogP contribution in [0.1, 0.15) is 76.8 Å². The maximum Gasteiger partial charge on any atom is 0.508 e. The minimum atomic E-state index is -0.858. The molecule has 1 saturated heterocycles. The standard InChI is InChI=1S/C9H14O5.C3H8O.2C3H8/c1-3-4-12-7(10)9(2)5-13-8(11)14-6-9;1-2-3-4;2*1-3-2/h3-6H2,1-2H3;4H,2-3H2,1H3;2*3H2,1-2H3/i;;2*1T. The summed E-state index contributed by atoms with van der Waals surface area (Å²) >= 11 is 0. The Bertz CT molecular complexity index is 301. The molecule has 0 spiro atoms. The summed E-state index contributed by atoms with van der Waals surface area (Å²) in [7, 11) is 0. The zero-order valence-corrected chi connectivity index (χ0v) is 16.1. The van der Waals surface area contributed by atoms with Gasteiger partial charge in [0.05, 0.1) is 6.61 Å². The summed E-state index contributed by atoms with van der Waals surface area (Å²) in [6.07, 6.45) is 2.88. The van der Waals surface area contributed by atoms with Crippen LogP contribution in [0.4, 0.5) is 4.79 Å². The number of ether oxygens (including phenoxy) is 3. The first-order valence-electron chi connectivity index (χ1n) is 9.90. The van der Waals surface area contributed by atoms with Crippen LogP contribution in [-0.4, -0.2) is 43.7 Å². The van der Waals surface area contributed by atoms with E-state index in [4.69, 9.17) is 12.6 Å². The normalized spacial score (nSPS) is 15.2. The third kappa shape index (κ3) is 17.1. The number of rotatable bonds is 4. The number of esters is 1. The second-order valence-electron chi connectivity index (χ2n) is 5.25. The Morgan fingerprint density at radius 2 is 1.58 bits per heavy atom. The Morgan fingerprint density at radius 1 is 1.17 bits per heavy atom. The van der Waals surface area contributed by atoms with E-state index >= 15 is 0 Å². The highest BCUT2D eigenvalue weighted by molar-refractivity contribution is 5.78. The van der Waals surface area contributed by atoms with E-state index in [9.17, 15) is 9.59 Å². The van der Waals surface area contributed by atoms with Crippen molar-refractivity contribution in [2.75, 3.05) is 26.4 Å². The molecule has 0 bridgehead atoms. The molecular weight excluding hydrogens is 312 g/mol. The molecule has 146 valence electrons. The molecule has 6 nitrogen and oxygen atoms in total. The van der Waals surface area contributed by atoms with Gasteiger partial charge in [-0.25, -0.2) is 4.79 Å². The quantitative estimate of drug-likeness (QED) is 0.757. The van der Waals surface area contributed by atoms with Gasteiger partial charge in [-0.05, 0) is 19.8 Å². The third-order valence-electron chi connectivity index (χ3n) is 2.17. The Balaban J connectivity index is -0.000000362. The summed E-state index contributed by atoms with van der Waals surface area (Å²) in [4.78, 5) is 22.1. The van der Waals surface area contributed by atoms with E-state index < -0.39 is 11.6 Å². The molecule has 1 heterocycles. The van der Waals surface area contributed by atoms with Crippen LogP contribution in [0.25, 0.3) is 0 Å². The summed E-state index contributed by atoms with van der Waals surface area (Å²) in [6.45, 7) is 11.4. The van der Waals surface area contributed by atoms with Crippen molar-refractivity contribution in [1.29, 1.82) is 0 Å². The Hall–Kier alpha value is -1.30. The molecule has 0 aromatic heterocycles. The maximum atomic E-state index is 11.5. The van der Waals surface area contributed by atoms with E-state index in [2.05, 4.69) is 9.47 Å². The van der Waals surface area contributed by atoms with E-state index in [0.717, 1.165) is 25.7 Å². The zero-order chi connectivity index (χ0) is 20.8. The number of carbonyl (C=O) groups is 2. The van der Waals surface area contributed by atoms with Gasteiger partial charge >= 0.3 is 12.1 Å². The van der Waals surface area contributed by atoms with Crippen molar-refractivity contribution in [2.45, 2.75) is 74.1 Å². The number of aliphatic hydroxyl groups is 1. The molecule has 1 N–H and O–H groups in total. The first-order valence-corrected chi connectivity index (χ1v) is 8.49. The van der Waals surface area contributed by atoms with Gasteiger partial charge in [-0.15, -0.1) is 0 Å². The summed E-state index contributed by atoms with van der Waals surface area (Å²) in [6, 6.07) is 0. The van der Waals surface area contributed by atoms with Gasteiger partial charge in [-0.3, -0.25) is 4.79 Å². The van der Waals surface area contributed by atoms with Gasteiger partial charge in [-0.1, -0.05) is 54.3 Å². The van der Waals surface area contributed by atoms with E-state index in [1.54, 1.807) is 6.92 Å². The Kier molecular flexibility index (Phi) is 18.7. The van der Waals surface area contributed by atoms with Gasteiger partial charge in [0.1, 0.15) is 18.6 Å². The van der Waals surface area contributed by atoms with Crippen molar-refractivity contribution in [3.05, 3.63) is 0 Å². The average Bonchev–Trinajstić information content (AvgIpc) is 2.68. The van der Waals surface area contributed by atoms with Gasteiger partial charge in [0.2, 0.25) is 0 Å². The third-order valence-corrected chi connectivity index (χ3v) is 2.17. The molecule has 0 radical (unpaired) electrons. The molecule has 1 aliphatic heterocycles. The van der Waals surface area contributed by atoms with Crippen molar-refractivity contribution < 1.29 is 31.6 Å². The Labute approximate surface area is 150 Å². The topological polar surface area (TPSA) is 82.1 Å². The van der Waals surface area contributed by atoms with Crippen LogP contribution in [-0.2, 0) is 19.0 Å². The molecule has 0 aliphatic carbocycles. The highest BCUT2D eigenvalue weighted by Gasteiger charge is 2.41. The summed E-state index contributed by atoms with van der Waals surface area (Å²) in [5, 5.41) is 7.88. The number of carbonyl (C=O) groups excluding carboxylic acids is 2. The summed E-state index contributed by atoms with van der Waals surface area (Å²) < 4.78 is 27.1. The molecule has 0 saturated carbocycles. The SMILES string of the molecule is CCCO.CCCOC(=O)C1(C)COC(=O)OC1.[3H]CCC.[3H]CCC. The molecule has 0 amide bonds. The second-order valence-corrected chi connectivity index (χ2v) is 5.25. The van der Waals surface area contributed by atoms with Crippen LogP contribution >= 0.6 is 0 Å². The largest absolute Gasteiger partial charge is 0.508 e. The lowest BCUT2D eigenvalue weighted by Crippen LogP contribution is -2.44. The molecule has 0 aromatic rings. The lowest BCUT2D eigenvalue weighted by atomic mass is 9.93. The highest BCUT2D eigenvalue weighted by atomic mass is 16.7. The monoisotopic (exact) mass is 354 g/mol. The minimum Gasteiger partial charge on any atom is -0.465 e. The fourth-order valence-corrected chi connectivity index (χ4v) is 1.01. The predicted molar refractivity (Wildman–Crippen MR) is 96.0 cm³/mol. The lowest BCUT2D eigenvalue weighted by Gasteiger charge is -2.29. The van der Waals surface area contributed by atoms with Gasteiger partial charge in [0.25, 0.3) is 0 Å². The van der Waals surface area contributed by atoms with Crippen LogP contribution in [0.5, 0.6) is 0 Å². The average molecular weight is 355 g/mol. The number of hydrogen-bond donors (Lipinski definition) is 1. The summed E-state index contributed by atoms with van der Waals surface area (Å²) in [5.74, 6) is -0.383. The lowest BCUT2D eigenvalue weighted by molar-refractivity contribution is -0.166. The van der Waals surface area contributed by atoms with E-state index in [1.807, 2.05) is 27.7 Å². The number of cyclic esters (lactones) is 2. The van der Waals surface area contributed by atoms with E-state index in [0.29, 0.717) is 27.0 Å². The van der Waals surface area contributed by atoms with Gasteiger partial charge in [-0.2, -0.15) is 0 Å². The van der Waals surface area contributed by atoms with Crippen LogP contribution in [0.3, 0.4) is 0 Å². The first kappa shape index (κ1) is 22.7. The second kappa shape index (κ2) is 19.7. The Morgan fingerprint density at radius 3 is 1.88 bits per heavy atom. The van der Waals surface area contributed by atoms with E-state index in [-0.39, 0.29) is 19.2 Å². The van der Waals surface area contributed by atoms with Crippen molar-refractivity contribution in [3.8, 4) is 0 Å². The number of hydrogen-bond acceptors (Lipinski definition) is 6. The van der Waals surface area contributed by atoms with Gasteiger partial charge < -0.3 is 19.3 Å². The number of aliphatic hydroxyl groups excluding tert-OH is 1. The fraction of sp³-hybridized carbons (Fsp3) is 0.889. The molecule has 1 aliphatic rings. The minimum absolute atomic E-state index is 0.0222. The molecular formula is C18H38O6. The van der Waals surface area contributed by atoms with Gasteiger partial charge in [0, 0.05) is 9.35 Å². The van der Waals surface area contributed by atoms with Crippen LogP contribution in [0, 0.1) is 5.41 Å². The summed E-state index contributed by atoms with van der Waals surface area (Å²) in [5.41, 5.74) is -0.858. The van der Waals surface area contributed by atoms with Gasteiger partial charge in [0.15, 0.2) is 0 Å². The van der Waals surface area contributed by atoms with Crippen LogP contribution < -0.4 is 0 Å². The fourth-order valence-electron chi connectivity index (χ4n) is 1.01. The maximum absolute atomic E-state index is 11.5. The highest BCUT2D eigenvalue weighted by Crippen LogP contribution is 2.23. The molecule has 1 rings (SSSR count). The molecule has 6 heteroatoms.